The summed E-state index contributed by atoms with van der Waals surface area (Å²) in [5, 5.41) is 7.56. The highest BCUT2D eigenvalue weighted by atomic mass is 32.1. The van der Waals surface area contributed by atoms with E-state index in [0.29, 0.717) is 18.8 Å². The van der Waals surface area contributed by atoms with Crippen molar-refractivity contribution in [2.45, 2.75) is 51.4 Å². The van der Waals surface area contributed by atoms with Crippen LogP contribution in [0.4, 0.5) is 5.13 Å². The topological polar surface area (TPSA) is 41.4 Å². The maximum Gasteiger partial charge on any atom is 0.225 e. The molecule has 0 radical (unpaired) electrons. The van der Waals surface area contributed by atoms with Gasteiger partial charge in [-0.2, -0.15) is 0 Å². The van der Waals surface area contributed by atoms with Gasteiger partial charge < -0.3 is 0 Å². The molecular weight excluding hydrogens is 360 g/mol. The number of amides is 1. The zero-order valence-corrected chi connectivity index (χ0v) is 16.0. The number of likely N-dealkylation sites (tertiary alicyclic amines) is 1. The Kier molecular flexibility index (Phi) is 4.55. The third-order valence-corrected chi connectivity index (χ3v) is 6.88. The molecule has 0 aromatic carbocycles. The number of hydrogen-bond acceptors (Lipinski definition) is 6. The molecule has 1 saturated carbocycles. The Balaban J connectivity index is 1.54. The fourth-order valence-corrected chi connectivity index (χ4v) is 5.43. The minimum absolute atomic E-state index is 0.0611. The van der Waals surface area contributed by atoms with Crippen LogP contribution in [-0.4, -0.2) is 33.2 Å². The number of aromatic nitrogens is 2. The van der Waals surface area contributed by atoms with Crippen LogP contribution in [0.15, 0.2) is 17.5 Å². The third kappa shape index (κ3) is 3.20. The van der Waals surface area contributed by atoms with Gasteiger partial charge in [0.2, 0.25) is 11.0 Å². The maximum absolute atomic E-state index is 11.9. The average Bonchev–Trinajstić information content (AvgIpc) is 2.95. The smallest absolute Gasteiger partial charge is 0.225 e. The molecule has 8 heteroatoms. The van der Waals surface area contributed by atoms with Gasteiger partial charge in [0.25, 0.3) is 0 Å². The van der Waals surface area contributed by atoms with Crippen molar-refractivity contribution in [3.05, 3.63) is 26.3 Å². The SMILES string of the molecule is CC(=O)N(c1nn(CN2CCCC2c2cccs2)c(=S)s1)C1CC1. The van der Waals surface area contributed by atoms with E-state index < -0.39 is 0 Å². The van der Waals surface area contributed by atoms with Gasteiger partial charge in [0, 0.05) is 30.4 Å². The van der Waals surface area contributed by atoms with Crippen LogP contribution >= 0.6 is 34.9 Å². The molecule has 0 bridgehead atoms. The molecule has 2 aromatic rings. The number of nitrogens with zero attached hydrogens (tertiary/aromatic N) is 4. The fraction of sp³-hybridized carbons (Fsp3) is 0.562. The van der Waals surface area contributed by atoms with Crippen molar-refractivity contribution in [3.8, 4) is 0 Å². The van der Waals surface area contributed by atoms with Gasteiger partial charge in [-0.15, -0.1) is 16.4 Å². The molecule has 24 heavy (non-hydrogen) atoms. The van der Waals surface area contributed by atoms with E-state index >= 15 is 0 Å². The summed E-state index contributed by atoms with van der Waals surface area (Å²) >= 11 is 8.78. The van der Waals surface area contributed by atoms with Crippen LogP contribution in [0.2, 0.25) is 0 Å². The number of carbonyl (C=O) groups is 1. The maximum atomic E-state index is 11.9. The lowest BCUT2D eigenvalue weighted by atomic mass is 10.2. The van der Waals surface area contributed by atoms with E-state index in [2.05, 4.69) is 27.5 Å². The van der Waals surface area contributed by atoms with Crippen LogP contribution in [0.5, 0.6) is 0 Å². The van der Waals surface area contributed by atoms with Gasteiger partial charge >= 0.3 is 0 Å². The zero-order chi connectivity index (χ0) is 16.7. The van der Waals surface area contributed by atoms with Crippen molar-refractivity contribution in [3.63, 3.8) is 0 Å². The minimum Gasteiger partial charge on any atom is -0.284 e. The predicted octanol–water partition coefficient (Wildman–Crippen LogP) is 4.05. The summed E-state index contributed by atoms with van der Waals surface area (Å²) in [6.45, 7) is 3.38. The van der Waals surface area contributed by atoms with E-state index in [9.17, 15) is 4.79 Å². The van der Waals surface area contributed by atoms with Crippen LogP contribution in [0.25, 0.3) is 0 Å². The average molecular weight is 381 g/mol. The lowest BCUT2D eigenvalue weighted by molar-refractivity contribution is -0.116. The number of rotatable bonds is 5. The lowest BCUT2D eigenvalue weighted by Crippen LogP contribution is -2.31. The van der Waals surface area contributed by atoms with Gasteiger partial charge in [0.1, 0.15) is 0 Å². The van der Waals surface area contributed by atoms with E-state index in [4.69, 9.17) is 12.2 Å². The van der Waals surface area contributed by atoms with Crippen molar-refractivity contribution in [2.24, 2.45) is 0 Å². The molecule has 1 atom stereocenters. The van der Waals surface area contributed by atoms with E-state index in [1.165, 1.54) is 29.1 Å². The molecule has 0 N–H and O–H groups in total. The highest BCUT2D eigenvalue weighted by Crippen LogP contribution is 2.36. The van der Waals surface area contributed by atoms with Crippen molar-refractivity contribution >= 4 is 45.9 Å². The summed E-state index contributed by atoms with van der Waals surface area (Å²) in [5.41, 5.74) is 0. The Bertz CT molecular complexity index is 778. The van der Waals surface area contributed by atoms with Gasteiger partial charge in [-0.25, -0.2) is 4.68 Å². The Morgan fingerprint density at radius 3 is 2.96 bits per heavy atom. The second-order valence-electron chi connectivity index (χ2n) is 6.40. The van der Waals surface area contributed by atoms with E-state index in [0.717, 1.165) is 28.5 Å². The molecule has 2 aliphatic rings. The molecule has 128 valence electrons. The molecule has 1 aliphatic carbocycles. The summed E-state index contributed by atoms with van der Waals surface area (Å²) in [6, 6.07) is 5.11. The Labute approximate surface area is 154 Å². The number of anilines is 1. The Hall–Kier alpha value is -1.09. The minimum atomic E-state index is 0.0611. The second-order valence-corrected chi connectivity index (χ2v) is 8.98. The Morgan fingerprint density at radius 1 is 1.46 bits per heavy atom. The monoisotopic (exact) mass is 380 g/mol. The molecule has 2 aromatic heterocycles. The van der Waals surface area contributed by atoms with Gasteiger partial charge in [-0.05, 0) is 49.3 Å². The largest absolute Gasteiger partial charge is 0.284 e. The molecule has 1 aliphatic heterocycles. The molecule has 1 saturated heterocycles. The van der Waals surface area contributed by atoms with Crippen LogP contribution in [0.3, 0.4) is 0 Å². The first-order valence-corrected chi connectivity index (χ1v) is 10.4. The zero-order valence-electron chi connectivity index (χ0n) is 13.6. The number of carbonyl (C=O) groups excluding carboxylic acids is 1. The molecule has 1 unspecified atom stereocenters. The Morgan fingerprint density at radius 2 is 2.29 bits per heavy atom. The molecule has 2 fully saturated rings. The molecule has 0 spiro atoms. The molecule has 3 heterocycles. The molecular formula is C16H20N4OS3. The van der Waals surface area contributed by atoms with E-state index in [-0.39, 0.29) is 5.91 Å². The summed E-state index contributed by atoms with van der Waals surface area (Å²) < 4.78 is 2.63. The second kappa shape index (κ2) is 6.67. The first-order valence-electron chi connectivity index (χ1n) is 8.28. The highest BCUT2D eigenvalue weighted by Gasteiger charge is 2.34. The standard InChI is InChI=1S/C16H20N4OS3/c1-11(21)20(12-6-7-12)15-17-19(16(22)24-15)10-18-8-2-4-13(18)14-5-3-9-23-14/h3,5,9,12-13H,2,4,6-8,10H2,1H3. The van der Waals surface area contributed by atoms with Crippen LogP contribution in [-0.2, 0) is 11.5 Å². The third-order valence-electron chi connectivity index (χ3n) is 4.60. The van der Waals surface area contributed by atoms with E-state index in [1.54, 1.807) is 6.92 Å². The van der Waals surface area contributed by atoms with Crippen LogP contribution < -0.4 is 4.90 Å². The highest BCUT2D eigenvalue weighted by molar-refractivity contribution is 7.73. The van der Waals surface area contributed by atoms with Gasteiger partial charge in [0.15, 0.2) is 3.95 Å². The lowest BCUT2D eigenvalue weighted by Gasteiger charge is -2.23. The van der Waals surface area contributed by atoms with Gasteiger partial charge in [-0.1, -0.05) is 17.4 Å². The van der Waals surface area contributed by atoms with Crippen LogP contribution in [0, 0.1) is 3.95 Å². The van der Waals surface area contributed by atoms with Gasteiger partial charge in [-0.3, -0.25) is 14.6 Å². The van der Waals surface area contributed by atoms with Crippen LogP contribution in [0.1, 0.15) is 43.5 Å². The first kappa shape index (κ1) is 16.4. The quantitative estimate of drug-likeness (QED) is 0.734. The summed E-state index contributed by atoms with van der Waals surface area (Å²) in [6.07, 6.45) is 4.53. The van der Waals surface area contributed by atoms with Crippen molar-refractivity contribution in [2.75, 3.05) is 11.4 Å². The van der Waals surface area contributed by atoms with Crippen molar-refractivity contribution in [1.29, 1.82) is 0 Å². The number of thiophene rings is 1. The van der Waals surface area contributed by atoms with E-state index in [1.807, 2.05) is 20.9 Å². The molecule has 4 rings (SSSR count). The predicted molar refractivity (Wildman–Crippen MR) is 100 cm³/mol. The van der Waals surface area contributed by atoms with Gasteiger partial charge in [0.05, 0.1) is 6.67 Å². The summed E-state index contributed by atoms with van der Waals surface area (Å²) in [7, 11) is 0. The molecule has 5 nitrogen and oxygen atoms in total. The van der Waals surface area contributed by atoms with Crippen molar-refractivity contribution in [1.82, 2.24) is 14.7 Å². The first-order chi connectivity index (χ1) is 11.6. The summed E-state index contributed by atoms with van der Waals surface area (Å²) in [5.74, 6) is 0.0611. The van der Waals surface area contributed by atoms with Crippen molar-refractivity contribution < 1.29 is 4.79 Å². The fourth-order valence-electron chi connectivity index (χ4n) is 3.33. The normalized spacial score (nSPS) is 21.3. The molecule has 1 amide bonds. The summed E-state index contributed by atoms with van der Waals surface area (Å²) in [4.78, 5) is 17.6. The number of hydrogen-bond donors (Lipinski definition) is 0.